The van der Waals surface area contributed by atoms with E-state index in [1.54, 1.807) is 32.1 Å². The summed E-state index contributed by atoms with van der Waals surface area (Å²) in [7, 11) is 0. The van der Waals surface area contributed by atoms with Gasteiger partial charge in [0.1, 0.15) is 36.4 Å². The number of hydrogen-bond acceptors (Lipinski definition) is 12. The van der Waals surface area contributed by atoms with E-state index in [1.807, 2.05) is 12.1 Å². The van der Waals surface area contributed by atoms with Crippen molar-refractivity contribution in [1.82, 2.24) is 10.4 Å². The zero-order chi connectivity index (χ0) is 32.7. The standard InChI is InChI=1S/C34H40N2O11/c1-32(2)17-42-30(40)28(32)44-23(38)12-7-18-3-5-19(6-4-18)16-36-26-29(39)43-22-15-33(26,31(41)35-13-14-37)27(47-36)25-24(22)45-34(46-25,20-8-9-20)21-10-11-21/h3-7,12,20-22,24-28,37H,8-11,13-17H2,1-2H3,(H,35,41)/t22-,24+,25+,26+,27-,28+,33+/m1/s1. The van der Waals surface area contributed by atoms with E-state index in [4.69, 9.17) is 28.5 Å². The third-order valence-corrected chi connectivity index (χ3v) is 10.8. The first-order chi connectivity index (χ1) is 22.6. The van der Waals surface area contributed by atoms with Gasteiger partial charge < -0.3 is 34.1 Å². The number of carbonyl (C=O) groups excluding carboxylic acids is 4. The molecule has 4 saturated heterocycles. The predicted molar refractivity (Wildman–Crippen MR) is 159 cm³/mol. The van der Waals surface area contributed by atoms with E-state index in [0.717, 1.165) is 31.2 Å². The van der Waals surface area contributed by atoms with Gasteiger partial charge in [-0.3, -0.25) is 14.4 Å². The molecule has 1 aromatic rings. The Balaban J connectivity index is 1.02. The Hall–Kier alpha value is -3.36. The molecule has 4 heterocycles. The number of esters is 3. The molecule has 7 atom stereocenters. The van der Waals surface area contributed by atoms with Gasteiger partial charge >= 0.3 is 17.9 Å². The lowest BCUT2D eigenvalue weighted by molar-refractivity contribution is -0.235. The summed E-state index contributed by atoms with van der Waals surface area (Å²) < 4.78 is 29.9. The molecule has 4 aliphatic heterocycles. The summed E-state index contributed by atoms with van der Waals surface area (Å²) in [6, 6.07) is 6.26. The summed E-state index contributed by atoms with van der Waals surface area (Å²) in [6.07, 6.45) is 3.62. The van der Waals surface area contributed by atoms with Gasteiger partial charge in [0.05, 0.1) is 13.2 Å². The van der Waals surface area contributed by atoms with E-state index >= 15 is 0 Å². The molecule has 47 heavy (non-hydrogen) atoms. The zero-order valence-corrected chi connectivity index (χ0v) is 26.4. The smallest absolute Gasteiger partial charge is 0.348 e. The van der Waals surface area contributed by atoms with Crippen molar-refractivity contribution in [2.75, 3.05) is 19.8 Å². The third kappa shape index (κ3) is 5.00. The van der Waals surface area contributed by atoms with E-state index in [2.05, 4.69) is 5.32 Å². The molecule has 0 unspecified atom stereocenters. The van der Waals surface area contributed by atoms with Gasteiger partial charge in [-0.15, -0.1) is 0 Å². The SMILES string of the molecule is CC1(C)COC(=O)[C@@H]1OC(=O)C=Cc1ccc(CN2O[C@@H]3[C@H]4OC(C5CC5)(C5CC5)O[C@H]4[C@H]4C[C@]3(C(=O)NCCO)[C@@H]2C(=O)O4)cc1. The molecule has 7 fully saturated rings. The number of fused-ring (bicyclic) bond motifs is 4. The van der Waals surface area contributed by atoms with Crippen molar-refractivity contribution in [1.29, 1.82) is 0 Å². The number of hydrogen-bond donors (Lipinski definition) is 2. The Bertz CT molecular complexity index is 1490. The van der Waals surface area contributed by atoms with Crippen LogP contribution in [0.2, 0.25) is 0 Å². The van der Waals surface area contributed by atoms with Gasteiger partial charge in [0, 0.05) is 36.3 Å². The maximum absolute atomic E-state index is 14.0. The number of cyclic esters (lactones) is 1. The third-order valence-electron chi connectivity index (χ3n) is 10.8. The highest BCUT2D eigenvalue weighted by molar-refractivity contribution is 5.93. The Morgan fingerprint density at radius 1 is 1.04 bits per heavy atom. The number of aliphatic hydroxyl groups excluding tert-OH is 1. The topological polar surface area (TPSA) is 159 Å². The molecule has 13 heteroatoms. The van der Waals surface area contributed by atoms with Crippen LogP contribution in [0.4, 0.5) is 0 Å². The number of amides is 1. The second-order valence-corrected chi connectivity index (χ2v) is 14.6. The fraction of sp³-hybridized carbons (Fsp3) is 0.647. The Kier molecular flexibility index (Phi) is 7.30. The summed E-state index contributed by atoms with van der Waals surface area (Å²) in [5, 5.41) is 13.8. The van der Waals surface area contributed by atoms with Crippen LogP contribution in [0.5, 0.6) is 0 Å². The molecular weight excluding hydrogens is 612 g/mol. The Labute approximate surface area is 271 Å². The molecule has 0 aromatic heterocycles. The minimum atomic E-state index is -1.29. The number of carbonyl (C=O) groups is 4. The first kappa shape index (κ1) is 30.9. The lowest BCUT2D eigenvalue weighted by Crippen LogP contribution is -2.69. The van der Waals surface area contributed by atoms with E-state index in [-0.39, 0.29) is 50.5 Å². The van der Waals surface area contributed by atoms with Crippen LogP contribution < -0.4 is 5.32 Å². The van der Waals surface area contributed by atoms with Crippen molar-refractivity contribution in [2.45, 2.75) is 94.8 Å². The molecule has 13 nitrogen and oxygen atoms in total. The molecule has 252 valence electrons. The lowest BCUT2D eigenvalue weighted by atomic mass is 9.62. The lowest BCUT2D eigenvalue weighted by Gasteiger charge is -2.48. The molecule has 2 bridgehead atoms. The summed E-state index contributed by atoms with van der Waals surface area (Å²) in [5.41, 5.74) is -0.376. The van der Waals surface area contributed by atoms with Crippen molar-refractivity contribution in [3.63, 3.8) is 0 Å². The molecule has 0 radical (unpaired) electrons. The monoisotopic (exact) mass is 652 g/mol. The summed E-state index contributed by atoms with van der Waals surface area (Å²) in [5.74, 6) is -2.30. The average Bonchev–Trinajstić information content (AvgIpc) is 3.99. The van der Waals surface area contributed by atoms with Crippen molar-refractivity contribution in [3.05, 3.63) is 41.5 Å². The molecule has 0 spiro atoms. The van der Waals surface area contributed by atoms with E-state index in [1.165, 1.54) is 11.1 Å². The predicted octanol–water partition coefficient (Wildman–Crippen LogP) is 1.40. The van der Waals surface area contributed by atoms with Crippen LogP contribution in [0.25, 0.3) is 6.08 Å². The Morgan fingerprint density at radius 3 is 2.38 bits per heavy atom. The largest absolute Gasteiger partial charge is 0.462 e. The van der Waals surface area contributed by atoms with Crippen molar-refractivity contribution in [2.24, 2.45) is 22.7 Å². The van der Waals surface area contributed by atoms with Crippen LogP contribution in [0, 0.1) is 22.7 Å². The minimum Gasteiger partial charge on any atom is -0.462 e. The van der Waals surface area contributed by atoms with Gasteiger partial charge in [-0.05, 0) is 42.9 Å². The second kappa shape index (κ2) is 11.1. The van der Waals surface area contributed by atoms with Gasteiger partial charge in [-0.2, -0.15) is 5.06 Å². The quantitative estimate of drug-likeness (QED) is 0.213. The van der Waals surface area contributed by atoms with Crippen molar-refractivity contribution >= 4 is 29.9 Å². The van der Waals surface area contributed by atoms with Gasteiger partial charge in [0.15, 0.2) is 11.8 Å². The average molecular weight is 653 g/mol. The number of benzene rings is 1. The number of hydroxylamine groups is 2. The first-order valence-corrected chi connectivity index (χ1v) is 16.6. The van der Waals surface area contributed by atoms with Gasteiger partial charge in [0.25, 0.3) is 0 Å². The molecule has 2 N–H and O–H groups in total. The van der Waals surface area contributed by atoms with Gasteiger partial charge in [0.2, 0.25) is 12.0 Å². The van der Waals surface area contributed by atoms with Crippen LogP contribution in [-0.4, -0.2) is 96.1 Å². The number of ether oxygens (including phenoxy) is 5. The summed E-state index contributed by atoms with van der Waals surface area (Å²) >= 11 is 0. The van der Waals surface area contributed by atoms with Crippen LogP contribution in [0.15, 0.2) is 30.3 Å². The molecular formula is C34H40N2O11. The normalized spacial score (nSPS) is 36.6. The highest BCUT2D eigenvalue weighted by atomic mass is 16.8. The number of aliphatic hydroxyl groups is 1. The highest BCUT2D eigenvalue weighted by Crippen LogP contribution is 2.63. The van der Waals surface area contributed by atoms with Gasteiger partial charge in [-0.1, -0.05) is 38.1 Å². The molecule has 8 rings (SSSR count). The zero-order valence-electron chi connectivity index (χ0n) is 26.4. The van der Waals surface area contributed by atoms with E-state index in [0.29, 0.717) is 5.56 Å². The number of nitrogens with one attached hydrogen (secondary N) is 1. The first-order valence-electron chi connectivity index (χ1n) is 16.6. The number of rotatable bonds is 10. The minimum absolute atomic E-state index is 0.0459. The Morgan fingerprint density at radius 2 is 1.74 bits per heavy atom. The van der Waals surface area contributed by atoms with Crippen molar-refractivity contribution < 1.29 is 52.8 Å². The molecule has 1 amide bonds. The summed E-state index contributed by atoms with van der Waals surface area (Å²) in [6.45, 7) is 3.77. The van der Waals surface area contributed by atoms with Crippen LogP contribution in [-0.2, 0) is 54.2 Å². The van der Waals surface area contributed by atoms with Crippen LogP contribution in [0.1, 0.15) is 57.1 Å². The fourth-order valence-electron chi connectivity index (χ4n) is 8.17. The number of nitrogens with zero attached hydrogens (tertiary/aromatic N) is 1. The second-order valence-electron chi connectivity index (χ2n) is 14.6. The molecule has 7 aliphatic rings. The molecule has 3 aliphatic carbocycles. The fourth-order valence-corrected chi connectivity index (χ4v) is 8.17. The highest BCUT2D eigenvalue weighted by Gasteiger charge is 2.78. The maximum atomic E-state index is 14.0. The van der Waals surface area contributed by atoms with E-state index in [9.17, 15) is 24.3 Å². The van der Waals surface area contributed by atoms with Crippen molar-refractivity contribution in [3.8, 4) is 0 Å². The van der Waals surface area contributed by atoms with Crippen LogP contribution >= 0.6 is 0 Å². The molecule has 1 aromatic carbocycles. The van der Waals surface area contributed by atoms with Crippen LogP contribution in [0.3, 0.4) is 0 Å². The van der Waals surface area contributed by atoms with E-state index < -0.39 is 71.1 Å². The summed E-state index contributed by atoms with van der Waals surface area (Å²) in [4.78, 5) is 58.7. The van der Waals surface area contributed by atoms with Gasteiger partial charge in [-0.25, -0.2) is 9.59 Å². The maximum Gasteiger partial charge on any atom is 0.348 e. The molecule has 3 saturated carbocycles.